The molecule has 3 rings (SSSR count). The fraction of sp³-hybridized carbons (Fsp3) is 0.462. The van der Waals surface area contributed by atoms with Crippen molar-refractivity contribution in [2.75, 3.05) is 5.43 Å². The van der Waals surface area contributed by atoms with E-state index in [1.54, 1.807) is 16.9 Å². The van der Waals surface area contributed by atoms with Gasteiger partial charge in [0.2, 0.25) is 0 Å². The molecule has 7 heteroatoms. The Morgan fingerprint density at radius 1 is 1.40 bits per heavy atom. The van der Waals surface area contributed by atoms with Crippen LogP contribution in [-0.2, 0) is 11.8 Å². The van der Waals surface area contributed by atoms with Crippen molar-refractivity contribution < 1.29 is 4.74 Å². The lowest BCUT2D eigenvalue weighted by molar-refractivity contribution is 0.0504. The summed E-state index contributed by atoms with van der Waals surface area (Å²) in [4.78, 5) is 9.00. The number of aromatic nitrogens is 4. The second-order valence-electron chi connectivity index (χ2n) is 5.06. The van der Waals surface area contributed by atoms with Crippen LogP contribution in [0, 0.1) is 0 Å². The lowest BCUT2D eigenvalue weighted by Crippen LogP contribution is -2.13. The summed E-state index contributed by atoms with van der Waals surface area (Å²) in [6.07, 6.45) is 5.82. The molecule has 2 unspecified atom stereocenters. The highest BCUT2D eigenvalue weighted by Gasteiger charge is 2.26. The molecule has 0 spiro atoms. The topological polar surface area (TPSA) is 90.9 Å². The number of hydrazine groups is 1. The van der Waals surface area contributed by atoms with E-state index < -0.39 is 0 Å². The van der Waals surface area contributed by atoms with Crippen LogP contribution in [0.4, 0.5) is 5.82 Å². The number of nitrogens with two attached hydrogens (primary N) is 1. The predicted octanol–water partition coefficient (Wildman–Crippen LogP) is 1.40. The van der Waals surface area contributed by atoms with Gasteiger partial charge in [-0.25, -0.2) is 15.8 Å². The highest BCUT2D eigenvalue weighted by Crippen LogP contribution is 2.32. The van der Waals surface area contributed by atoms with E-state index >= 15 is 0 Å². The van der Waals surface area contributed by atoms with E-state index in [0.29, 0.717) is 11.6 Å². The summed E-state index contributed by atoms with van der Waals surface area (Å²) in [7, 11) is 1.87. The van der Waals surface area contributed by atoms with Crippen molar-refractivity contribution >= 4 is 5.82 Å². The van der Waals surface area contributed by atoms with Gasteiger partial charge in [0, 0.05) is 24.9 Å². The van der Waals surface area contributed by atoms with Gasteiger partial charge in [0.1, 0.15) is 11.9 Å². The number of aryl methyl sites for hydroxylation is 1. The largest absolute Gasteiger partial charge is 0.367 e. The zero-order chi connectivity index (χ0) is 14.1. The maximum atomic E-state index is 5.83. The number of anilines is 1. The third-order valence-electron chi connectivity index (χ3n) is 3.41. The molecule has 1 aliphatic heterocycles. The number of nitrogens with zero attached hydrogens (tertiary/aromatic N) is 4. The summed E-state index contributed by atoms with van der Waals surface area (Å²) in [6, 6.07) is 1.80. The summed E-state index contributed by atoms with van der Waals surface area (Å²) in [5, 5.41) is 4.16. The molecule has 2 aromatic heterocycles. The Balaban J connectivity index is 1.98. The molecule has 7 nitrogen and oxygen atoms in total. The predicted molar refractivity (Wildman–Crippen MR) is 74.6 cm³/mol. The molecule has 0 amide bonds. The van der Waals surface area contributed by atoms with Gasteiger partial charge >= 0.3 is 0 Å². The van der Waals surface area contributed by atoms with Crippen molar-refractivity contribution in [1.82, 2.24) is 19.7 Å². The molecule has 3 N–H and O–H groups in total. The van der Waals surface area contributed by atoms with E-state index in [1.807, 2.05) is 13.2 Å². The molecule has 1 fully saturated rings. The van der Waals surface area contributed by atoms with Gasteiger partial charge in [0.25, 0.3) is 0 Å². The van der Waals surface area contributed by atoms with Crippen LogP contribution >= 0.6 is 0 Å². The van der Waals surface area contributed by atoms with Gasteiger partial charge in [-0.3, -0.25) is 4.68 Å². The molecule has 106 valence electrons. The summed E-state index contributed by atoms with van der Waals surface area (Å²) < 4.78 is 7.57. The Morgan fingerprint density at radius 2 is 2.25 bits per heavy atom. The first-order valence-corrected chi connectivity index (χ1v) is 6.66. The van der Waals surface area contributed by atoms with E-state index in [1.165, 1.54) is 0 Å². The van der Waals surface area contributed by atoms with Crippen LogP contribution in [0.25, 0.3) is 11.3 Å². The highest BCUT2D eigenvalue weighted by molar-refractivity contribution is 5.60. The van der Waals surface area contributed by atoms with Crippen molar-refractivity contribution in [1.29, 1.82) is 0 Å². The number of nitrogen functional groups attached to an aromatic ring is 1. The van der Waals surface area contributed by atoms with Crippen molar-refractivity contribution in [3.05, 3.63) is 24.3 Å². The van der Waals surface area contributed by atoms with Crippen LogP contribution < -0.4 is 11.3 Å². The lowest BCUT2D eigenvalue weighted by atomic mass is 10.2. The van der Waals surface area contributed by atoms with E-state index in [0.717, 1.165) is 24.1 Å². The van der Waals surface area contributed by atoms with E-state index in [9.17, 15) is 0 Å². The smallest absolute Gasteiger partial charge is 0.160 e. The van der Waals surface area contributed by atoms with Crippen molar-refractivity contribution in [3.63, 3.8) is 0 Å². The lowest BCUT2D eigenvalue weighted by Gasteiger charge is -2.12. The third kappa shape index (κ3) is 2.50. The molecule has 0 aliphatic carbocycles. The van der Waals surface area contributed by atoms with Crippen molar-refractivity contribution in [3.8, 4) is 11.3 Å². The first-order valence-electron chi connectivity index (χ1n) is 6.66. The molecular weight excluding hydrogens is 256 g/mol. The summed E-state index contributed by atoms with van der Waals surface area (Å²) >= 11 is 0. The molecule has 3 heterocycles. The van der Waals surface area contributed by atoms with Gasteiger partial charge in [-0.2, -0.15) is 5.10 Å². The summed E-state index contributed by atoms with van der Waals surface area (Å²) in [6.45, 7) is 2.06. The first kappa shape index (κ1) is 13.0. The molecule has 0 saturated carbocycles. The maximum Gasteiger partial charge on any atom is 0.160 e. The van der Waals surface area contributed by atoms with Crippen LogP contribution in [0.2, 0.25) is 0 Å². The van der Waals surface area contributed by atoms with E-state index in [4.69, 9.17) is 10.6 Å². The zero-order valence-corrected chi connectivity index (χ0v) is 11.6. The van der Waals surface area contributed by atoms with E-state index in [-0.39, 0.29) is 12.2 Å². The molecular formula is C13H18N6O. The van der Waals surface area contributed by atoms with Crippen LogP contribution in [0.5, 0.6) is 0 Å². The zero-order valence-electron chi connectivity index (χ0n) is 11.6. The Labute approximate surface area is 117 Å². The number of ether oxygens (including phenoxy) is 1. The molecule has 20 heavy (non-hydrogen) atoms. The molecule has 0 bridgehead atoms. The fourth-order valence-corrected chi connectivity index (χ4v) is 2.38. The van der Waals surface area contributed by atoms with Gasteiger partial charge in [-0.05, 0) is 19.8 Å². The third-order valence-corrected chi connectivity index (χ3v) is 3.41. The van der Waals surface area contributed by atoms with Crippen LogP contribution in [0.1, 0.15) is 31.7 Å². The van der Waals surface area contributed by atoms with Crippen molar-refractivity contribution in [2.24, 2.45) is 12.9 Å². The summed E-state index contributed by atoms with van der Waals surface area (Å²) in [5.41, 5.74) is 4.31. The number of nitrogens with one attached hydrogen (secondary N) is 1. The minimum atomic E-state index is -0.0614. The average molecular weight is 274 g/mol. The van der Waals surface area contributed by atoms with Crippen LogP contribution in [-0.4, -0.2) is 25.9 Å². The molecule has 1 aliphatic rings. The monoisotopic (exact) mass is 274 g/mol. The number of rotatable bonds is 3. The minimum Gasteiger partial charge on any atom is -0.367 e. The minimum absolute atomic E-state index is 0.0614. The van der Waals surface area contributed by atoms with Crippen molar-refractivity contribution in [2.45, 2.75) is 32.0 Å². The molecule has 2 aromatic rings. The maximum absolute atomic E-state index is 5.83. The number of hydrogen-bond donors (Lipinski definition) is 2. The highest BCUT2D eigenvalue weighted by atomic mass is 16.5. The van der Waals surface area contributed by atoms with Gasteiger partial charge in [-0.15, -0.1) is 0 Å². The normalized spacial score (nSPS) is 22.1. The Bertz CT molecular complexity index is 611. The first-order chi connectivity index (χ1) is 9.65. The second kappa shape index (κ2) is 5.18. The standard InChI is InChI=1S/C13H18N6O/c1-8-3-4-11(20-8)13-16-10(5-12(17-13)18-14)9-6-15-19(2)7-9/h5-8,11H,3-4,14H2,1-2H3,(H,16,17,18). The van der Waals surface area contributed by atoms with Crippen LogP contribution in [0.15, 0.2) is 18.5 Å². The average Bonchev–Trinajstić information content (AvgIpc) is 3.07. The summed E-state index contributed by atoms with van der Waals surface area (Å²) in [5.74, 6) is 6.75. The van der Waals surface area contributed by atoms with E-state index in [2.05, 4.69) is 27.4 Å². The second-order valence-corrected chi connectivity index (χ2v) is 5.06. The quantitative estimate of drug-likeness (QED) is 0.649. The fourth-order valence-electron chi connectivity index (χ4n) is 2.38. The van der Waals surface area contributed by atoms with Crippen LogP contribution in [0.3, 0.4) is 0 Å². The Morgan fingerprint density at radius 3 is 2.85 bits per heavy atom. The van der Waals surface area contributed by atoms with Gasteiger partial charge in [-0.1, -0.05) is 0 Å². The molecule has 2 atom stereocenters. The molecule has 1 saturated heterocycles. The van der Waals surface area contributed by atoms with Gasteiger partial charge in [0.15, 0.2) is 5.82 Å². The van der Waals surface area contributed by atoms with Gasteiger partial charge < -0.3 is 10.2 Å². The molecule has 0 aromatic carbocycles. The Kier molecular flexibility index (Phi) is 3.37. The SMILES string of the molecule is CC1CCC(c2nc(NN)cc(-c3cnn(C)c3)n2)O1. The Hall–Kier alpha value is -1.99. The molecule has 0 radical (unpaired) electrons. The van der Waals surface area contributed by atoms with Gasteiger partial charge in [0.05, 0.1) is 18.0 Å². The number of hydrogen-bond acceptors (Lipinski definition) is 6.